The van der Waals surface area contributed by atoms with Gasteiger partial charge in [-0.25, -0.2) is 4.39 Å². The van der Waals surface area contributed by atoms with Gasteiger partial charge in [0.15, 0.2) is 0 Å². The van der Waals surface area contributed by atoms with Gasteiger partial charge >= 0.3 is 0 Å². The number of hydrogen-bond donors (Lipinski definition) is 2. The van der Waals surface area contributed by atoms with Crippen LogP contribution in [0.4, 0.5) is 10.1 Å². The number of nitrogen functional groups attached to an aromatic ring is 1. The Kier molecular flexibility index (Phi) is 4.35. The van der Waals surface area contributed by atoms with E-state index in [9.17, 15) is 9.18 Å². The summed E-state index contributed by atoms with van der Waals surface area (Å²) in [6, 6.07) is 11.9. The van der Waals surface area contributed by atoms with Crippen LogP contribution in [-0.2, 0) is 13.0 Å². The quantitative estimate of drug-likeness (QED) is 0.841. The summed E-state index contributed by atoms with van der Waals surface area (Å²) >= 11 is 0. The first-order valence-electron chi connectivity index (χ1n) is 6.51. The average molecular weight is 272 g/mol. The molecule has 20 heavy (non-hydrogen) atoms. The minimum atomic E-state index is -0.516. The first-order chi connectivity index (χ1) is 9.61. The van der Waals surface area contributed by atoms with Crippen LogP contribution in [0, 0.1) is 5.82 Å². The van der Waals surface area contributed by atoms with Gasteiger partial charge in [0.25, 0.3) is 5.91 Å². The van der Waals surface area contributed by atoms with Gasteiger partial charge in [0.2, 0.25) is 0 Å². The van der Waals surface area contributed by atoms with Crippen molar-refractivity contribution in [3.8, 4) is 0 Å². The molecule has 0 spiro atoms. The van der Waals surface area contributed by atoms with E-state index >= 15 is 0 Å². The molecule has 1 amide bonds. The molecule has 0 heterocycles. The lowest BCUT2D eigenvalue weighted by Crippen LogP contribution is -2.23. The maximum Gasteiger partial charge on any atom is 0.251 e. The molecule has 2 aromatic carbocycles. The summed E-state index contributed by atoms with van der Waals surface area (Å²) < 4.78 is 13.1. The van der Waals surface area contributed by atoms with Crippen LogP contribution in [0.25, 0.3) is 0 Å². The SMILES string of the molecule is CCc1ccccc1CNC(=O)c1ccc(F)c(N)c1. The van der Waals surface area contributed by atoms with Crippen LogP contribution in [0.5, 0.6) is 0 Å². The molecule has 0 saturated carbocycles. The first kappa shape index (κ1) is 14.1. The molecule has 0 aromatic heterocycles. The van der Waals surface area contributed by atoms with E-state index < -0.39 is 5.82 Å². The van der Waals surface area contributed by atoms with Crippen LogP contribution >= 0.6 is 0 Å². The molecule has 4 heteroatoms. The highest BCUT2D eigenvalue weighted by Crippen LogP contribution is 2.13. The van der Waals surface area contributed by atoms with Crippen molar-refractivity contribution in [1.82, 2.24) is 5.32 Å². The zero-order valence-corrected chi connectivity index (χ0v) is 11.3. The Morgan fingerprint density at radius 1 is 1.20 bits per heavy atom. The van der Waals surface area contributed by atoms with Gasteiger partial charge < -0.3 is 11.1 Å². The number of carbonyl (C=O) groups excluding carboxylic acids is 1. The number of nitrogens with two attached hydrogens (primary N) is 1. The largest absolute Gasteiger partial charge is 0.396 e. The molecule has 0 aliphatic rings. The molecule has 0 fully saturated rings. The first-order valence-corrected chi connectivity index (χ1v) is 6.51. The van der Waals surface area contributed by atoms with E-state index in [-0.39, 0.29) is 11.6 Å². The number of halogens is 1. The zero-order chi connectivity index (χ0) is 14.5. The molecule has 0 unspecified atom stereocenters. The average Bonchev–Trinajstić information content (AvgIpc) is 2.47. The third kappa shape index (κ3) is 3.15. The molecule has 0 saturated heterocycles. The van der Waals surface area contributed by atoms with Crippen molar-refractivity contribution < 1.29 is 9.18 Å². The molecule has 0 aliphatic heterocycles. The number of aryl methyl sites for hydroxylation is 1. The van der Waals surface area contributed by atoms with E-state index in [1.807, 2.05) is 24.3 Å². The number of carbonyl (C=O) groups is 1. The lowest BCUT2D eigenvalue weighted by Gasteiger charge is -2.09. The van der Waals surface area contributed by atoms with Crippen molar-refractivity contribution in [1.29, 1.82) is 0 Å². The van der Waals surface area contributed by atoms with Crippen molar-refractivity contribution in [2.24, 2.45) is 0 Å². The van der Waals surface area contributed by atoms with Crippen LogP contribution in [0.3, 0.4) is 0 Å². The second-order valence-corrected chi connectivity index (χ2v) is 4.54. The molecular weight excluding hydrogens is 255 g/mol. The summed E-state index contributed by atoms with van der Waals surface area (Å²) in [5.74, 6) is -0.777. The van der Waals surface area contributed by atoms with Crippen LogP contribution < -0.4 is 11.1 Å². The van der Waals surface area contributed by atoms with Gasteiger partial charge in [0, 0.05) is 12.1 Å². The predicted octanol–water partition coefficient (Wildman–Crippen LogP) is 2.90. The molecule has 2 rings (SSSR count). The van der Waals surface area contributed by atoms with Gasteiger partial charge in [-0.3, -0.25) is 4.79 Å². The fraction of sp³-hybridized carbons (Fsp3) is 0.188. The van der Waals surface area contributed by atoms with Gasteiger partial charge in [0.05, 0.1) is 5.69 Å². The standard InChI is InChI=1S/C16H17FN2O/c1-2-11-5-3-4-6-13(11)10-19-16(20)12-7-8-14(17)15(18)9-12/h3-9H,2,10,18H2,1H3,(H,19,20). The summed E-state index contributed by atoms with van der Waals surface area (Å²) in [6.07, 6.45) is 0.912. The molecule has 3 N–H and O–H groups in total. The van der Waals surface area contributed by atoms with E-state index in [0.29, 0.717) is 12.1 Å². The van der Waals surface area contributed by atoms with Gasteiger partial charge in [-0.05, 0) is 35.7 Å². The third-order valence-corrected chi connectivity index (χ3v) is 3.20. The number of nitrogens with one attached hydrogen (secondary N) is 1. The van der Waals surface area contributed by atoms with Crippen LogP contribution in [-0.4, -0.2) is 5.91 Å². The Bertz CT molecular complexity index is 626. The fourth-order valence-corrected chi connectivity index (χ4v) is 2.04. The van der Waals surface area contributed by atoms with E-state index in [0.717, 1.165) is 12.0 Å². The minimum absolute atomic E-state index is 0.0217. The number of benzene rings is 2. The minimum Gasteiger partial charge on any atom is -0.396 e. The Balaban J connectivity index is 2.06. The maximum absolute atomic E-state index is 13.1. The predicted molar refractivity (Wildman–Crippen MR) is 77.8 cm³/mol. The van der Waals surface area contributed by atoms with Gasteiger partial charge in [-0.15, -0.1) is 0 Å². The fourth-order valence-electron chi connectivity index (χ4n) is 2.04. The van der Waals surface area contributed by atoms with Crippen molar-refractivity contribution in [2.75, 3.05) is 5.73 Å². The summed E-state index contributed by atoms with van der Waals surface area (Å²) in [7, 11) is 0. The van der Waals surface area contributed by atoms with Gasteiger partial charge in [0.1, 0.15) is 5.82 Å². The van der Waals surface area contributed by atoms with Crippen LogP contribution in [0.2, 0.25) is 0 Å². The Hall–Kier alpha value is -2.36. The van der Waals surface area contributed by atoms with Crippen molar-refractivity contribution in [2.45, 2.75) is 19.9 Å². The summed E-state index contributed by atoms with van der Waals surface area (Å²) in [6.45, 7) is 2.52. The number of rotatable bonds is 4. The molecule has 2 aromatic rings. The van der Waals surface area contributed by atoms with E-state index in [1.54, 1.807) is 0 Å². The summed E-state index contributed by atoms with van der Waals surface area (Å²) in [5, 5.41) is 2.82. The van der Waals surface area contributed by atoms with Gasteiger partial charge in [-0.2, -0.15) is 0 Å². The Labute approximate surface area is 117 Å². The van der Waals surface area contributed by atoms with Crippen molar-refractivity contribution >= 4 is 11.6 Å². The van der Waals surface area contributed by atoms with Crippen LogP contribution in [0.15, 0.2) is 42.5 Å². The van der Waals surface area contributed by atoms with E-state index in [1.165, 1.54) is 23.8 Å². The molecule has 0 radical (unpaired) electrons. The molecule has 104 valence electrons. The Morgan fingerprint density at radius 3 is 2.55 bits per heavy atom. The Morgan fingerprint density at radius 2 is 1.90 bits per heavy atom. The topological polar surface area (TPSA) is 55.1 Å². The molecule has 3 nitrogen and oxygen atoms in total. The zero-order valence-electron chi connectivity index (χ0n) is 11.3. The van der Waals surface area contributed by atoms with E-state index in [2.05, 4.69) is 12.2 Å². The monoisotopic (exact) mass is 272 g/mol. The second kappa shape index (κ2) is 6.19. The number of hydrogen-bond acceptors (Lipinski definition) is 2. The molecule has 0 aliphatic carbocycles. The van der Waals surface area contributed by atoms with Crippen LogP contribution in [0.1, 0.15) is 28.4 Å². The summed E-state index contributed by atoms with van der Waals surface area (Å²) in [5.41, 5.74) is 8.08. The number of amides is 1. The van der Waals surface area contributed by atoms with Gasteiger partial charge in [-0.1, -0.05) is 31.2 Å². The highest BCUT2D eigenvalue weighted by Gasteiger charge is 2.08. The van der Waals surface area contributed by atoms with E-state index in [4.69, 9.17) is 5.73 Å². The molecule has 0 bridgehead atoms. The summed E-state index contributed by atoms with van der Waals surface area (Å²) in [4.78, 5) is 12.0. The third-order valence-electron chi connectivity index (χ3n) is 3.20. The lowest BCUT2D eigenvalue weighted by atomic mass is 10.1. The molecule has 0 atom stereocenters. The maximum atomic E-state index is 13.1. The highest BCUT2D eigenvalue weighted by molar-refractivity contribution is 5.95. The van der Waals surface area contributed by atoms with Crippen molar-refractivity contribution in [3.05, 3.63) is 65.0 Å². The number of anilines is 1. The van der Waals surface area contributed by atoms with Crippen molar-refractivity contribution in [3.63, 3.8) is 0 Å². The normalized spacial score (nSPS) is 10.3. The highest BCUT2D eigenvalue weighted by atomic mass is 19.1. The molecular formula is C16H17FN2O. The lowest BCUT2D eigenvalue weighted by molar-refractivity contribution is 0.0951. The second-order valence-electron chi connectivity index (χ2n) is 4.54. The smallest absolute Gasteiger partial charge is 0.251 e.